The summed E-state index contributed by atoms with van der Waals surface area (Å²) in [4.78, 5) is 24.8. The minimum Gasteiger partial charge on any atom is -0.338 e. The molecule has 0 aliphatic rings. The lowest BCUT2D eigenvalue weighted by Gasteiger charge is -2.10. The maximum atomic E-state index is 12.4. The third-order valence-electron chi connectivity index (χ3n) is 3.39. The number of halogens is 1. The maximum absolute atomic E-state index is 12.4. The van der Waals surface area contributed by atoms with Gasteiger partial charge in [0.25, 0.3) is 11.8 Å². The van der Waals surface area contributed by atoms with Crippen molar-refractivity contribution in [3.8, 4) is 0 Å². The predicted octanol–water partition coefficient (Wildman–Crippen LogP) is 4.14. The normalized spacial score (nSPS) is 10.3. The molecule has 1 aromatic heterocycles. The summed E-state index contributed by atoms with van der Waals surface area (Å²) in [6.45, 7) is 1.75. The van der Waals surface area contributed by atoms with E-state index in [0.29, 0.717) is 27.5 Å². The average molecular weight is 356 g/mol. The Hall–Kier alpha value is -3.12. The van der Waals surface area contributed by atoms with Crippen LogP contribution in [0, 0.1) is 6.92 Å². The third kappa shape index (κ3) is 4.05. The molecule has 0 spiro atoms. The van der Waals surface area contributed by atoms with E-state index in [0.717, 1.165) is 0 Å². The van der Waals surface area contributed by atoms with Crippen molar-refractivity contribution < 1.29 is 14.1 Å². The lowest BCUT2D eigenvalue weighted by atomic mass is 10.1. The van der Waals surface area contributed by atoms with E-state index in [1.165, 1.54) is 0 Å². The highest BCUT2D eigenvalue weighted by atomic mass is 35.5. The molecule has 2 amide bonds. The number of carbonyl (C=O) groups excluding carboxylic acids is 2. The van der Waals surface area contributed by atoms with Crippen LogP contribution < -0.4 is 10.6 Å². The van der Waals surface area contributed by atoms with Crippen LogP contribution in [0.5, 0.6) is 0 Å². The predicted molar refractivity (Wildman–Crippen MR) is 95.0 cm³/mol. The number of benzene rings is 2. The molecule has 7 heteroatoms. The van der Waals surface area contributed by atoms with Gasteiger partial charge in [-0.05, 0) is 43.3 Å². The Morgan fingerprint density at radius 1 is 1.00 bits per heavy atom. The fraction of sp³-hybridized carbons (Fsp3) is 0.0556. The van der Waals surface area contributed by atoms with E-state index < -0.39 is 5.91 Å². The molecular formula is C18H14ClN3O3. The van der Waals surface area contributed by atoms with Gasteiger partial charge < -0.3 is 9.84 Å². The first kappa shape index (κ1) is 16.7. The van der Waals surface area contributed by atoms with Gasteiger partial charge in [0.2, 0.25) is 5.88 Å². The maximum Gasteiger partial charge on any atom is 0.260 e. The number of carbonyl (C=O) groups is 2. The van der Waals surface area contributed by atoms with Crippen molar-refractivity contribution in [2.45, 2.75) is 6.92 Å². The van der Waals surface area contributed by atoms with Gasteiger partial charge in [0.15, 0.2) is 0 Å². The van der Waals surface area contributed by atoms with Gasteiger partial charge >= 0.3 is 0 Å². The van der Waals surface area contributed by atoms with E-state index >= 15 is 0 Å². The van der Waals surface area contributed by atoms with Crippen LogP contribution >= 0.6 is 11.6 Å². The van der Waals surface area contributed by atoms with E-state index in [-0.39, 0.29) is 11.8 Å². The SMILES string of the molecule is Cc1cc(NC(=O)c2ccccc2NC(=O)c2ccc(Cl)cc2)on1. The fourth-order valence-corrected chi connectivity index (χ4v) is 2.31. The van der Waals surface area contributed by atoms with Crippen LogP contribution in [0.2, 0.25) is 5.02 Å². The Kier molecular flexibility index (Phi) is 4.81. The van der Waals surface area contributed by atoms with Gasteiger partial charge in [-0.3, -0.25) is 14.9 Å². The number of aryl methyl sites for hydroxylation is 1. The molecule has 126 valence electrons. The summed E-state index contributed by atoms with van der Waals surface area (Å²) in [7, 11) is 0. The van der Waals surface area contributed by atoms with E-state index in [1.807, 2.05) is 0 Å². The molecule has 0 aliphatic carbocycles. The molecule has 0 fully saturated rings. The van der Waals surface area contributed by atoms with E-state index in [2.05, 4.69) is 15.8 Å². The molecule has 0 aliphatic heterocycles. The number of hydrogen-bond acceptors (Lipinski definition) is 4. The van der Waals surface area contributed by atoms with Crippen LogP contribution in [0.25, 0.3) is 0 Å². The van der Waals surface area contributed by atoms with E-state index in [1.54, 1.807) is 61.5 Å². The standard InChI is InChI=1S/C18H14ClN3O3/c1-11-10-16(25-22-11)21-18(24)14-4-2-3-5-15(14)20-17(23)12-6-8-13(19)9-7-12/h2-10H,1H3,(H,20,23)(H,21,24). The topological polar surface area (TPSA) is 84.2 Å². The van der Waals surface area contributed by atoms with Gasteiger partial charge in [-0.2, -0.15) is 0 Å². The van der Waals surface area contributed by atoms with Crippen LogP contribution in [0.15, 0.2) is 59.1 Å². The zero-order valence-corrected chi connectivity index (χ0v) is 14.0. The molecule has 0 atom stereocenters. The summed E-state index contributed by atoms with van der Waals surface area (Å²) < 4.78 is 4.98. The highest BCUT2D eigenvalue weighted by molar-refractivity contribution is 6.30. The lowest BCUT2D eigenvalue weighted by molar-refractivity contribution is 0.102. The van der Waals surface area contributed by atoms with Crippen molar-refractivity contribution >= 4 is 35.0 Å². The summed E-state index contributed by atoms with van der Waals surface area (Å²) in [6, 6.07) is 14.8. The molecule has 0 saturated carbocycles. The molecule has 1 heterocycles. The van der Waals surface area contributed by atoms with Crippen LogP contribution in [0.4, 0.5) is 11.6 Å². The van der Waals surface area contributed by atoms with Gasteiger partial charge in [0.1, 0.15) is 0 Å². The Bertz CT molecular complexity index is 919. The van der Waals surface area contributed by atoms with Crippen LogP contribution in [0.1, 0.15) is 26.4 Å². The van der Waals surface area contributed by atoms with Crippen molar-refractivity contribution in [2.75, 3.05) is 10.6 Å². The first-order valence-corrected chi connectivity index (χ1v) is 7.81. The average Bonchev–Trinajstić information content (AvgIpc) is 3.00. The summed E-state index contributed by atoms with van der Waals surface area (Å²) >= 11 is 5.82. The fourth-order valence-electron chi connectivity index (χ4n) is 2.19. The largest absolute Gasteiger partial charge is 0.338 e. The second-order valence-electron chi connectivity index (χ2n) is 5.29. The first-order chi connectivity index (χ1) is 12.0. The highest BCUT2D eigenvalue weighted by Crippen LogP contribution is 2.19. The second kappa shape index (κ2) is 7.19. The van der Waals surface area contributed by atoms with E-state index in [4.69, 9.17) is 16.1 Å². The van der Waals surface area contributed by atoms with Crippen molar-refractivity contribution in [1.82, 2.24) is 5.16 Å². The second-order valence-corrected chi connectivity index (χ2v) is 5.73. The molecule has 6 nitrogen and oxygen atoms in total. The van der Waals surface area contributed by atoms with Gasteiger partial charge in [-0.1, -0.05) is 28.9 Å². The minimum atomic E-state index is -0.414. The number of anilines is 2. The Balaban J connectivity index is 1.79. The van der Waals surface area contributed by atoms with Gasteiger partial charge in [-0.15, -0.1) is 0 Å². The van der Waals surface area contributed by atoms with Crippen molar-refractivity contribution in [1.29, 1.82) is 0 Å². The molecule has 3 aromatic rings. The third-order valence-corrected chi connectivity index (χ3v) is 3.64. The molecular weight excluding hydrogens is 342 g/mol. The summed E-state index contributed by atoms with van der Waals surface area (Å²) in [5.41, 5.74) is 1.78. The van der Waals surface area contributed by atoms with Gasteiger partial charge in [0, 0.05) is 16.7 Å². The Morgan fingerprint density at radius 3 is 2.40 bits per heavy atom. The van der Waals surface area contributed by atoms with Gasteiger partial charge in [-0.25, -0.2) is 0 Å². The number of rotatable bonds is 4. The summed E-state index contributed by atoms with van der Waals surface area (Å²) in [5, 5.41) is 9.58. The lowest BCUT2D eigenvalue weighted by Crippen LogP contribution is -2.18. The van der Waals surface area contributed by atoms with Gasteiger partial charge in [0.05, 0.1) is 16.9 Å². The highest BCUT2D eigenvalue weighted by Gasteiger charge is 2.15. The monoisotopic (exact) mass is 355 g/mol. The number of nitrogens with zero attached hydrogens (tertiary/aromatic N) is 1. The molecule has 2 aromatic carbocycles. The van der Waals surface area contributed by atoms with Crippen LogP contribution in [-0.2, 0) is 0 Å². The van der Waals surface area contributed by atoms with Crippen molar-refractivity contribution in [3.05, 3.63) is 76.4 Å². The smallest absolute Gasteiger partial charge is 0.260 e. The van der Waals surface area contributed by atoms with Crippen molar-refractivity contribution in [3.63, 3.8) is 0 Å². The zero-order valence-electron chi connectivity index (χ0n) is 13.2. The number of para-hydroxylation sites is 1. The number of nitrogens with one attached hydrogen (secondary N) is 2. The van der Waals surface area contributed by atoms with Crippen LogP contribution in [-0.4, -0.2) is 17.0 Å². The number of aromatic nitrogens is 1. The first-order valence-electron chi connectivity index (χ1n) is 7.43. The summed E-state index contributed by atoms with van der Waals surface area (Å²) in [5.74, 6) is -0.517. The van der Waals surface area contributed by atoms with Crippen molar-refractivity contribution in [2.24, 2.45) is 0 Å². The molecule has 3 rings (SSSR count). The molecule has 0 radical (unpaired) electrons. The molecule has 0 unspecified atom stereocenters. The molecule has 25 heavy (non-hydrogen) atoms. The Morgan fingerprint density at radius 2 is 1.72 bits per heavy atom. The number of hydrogen-bond donors (Lipinski definition) is 2. The molecule has 0 saturated heterocycles. The number of amides is 2. The Labute approximate surface area is 148 Å². The minimum absolute atomic E-state index is 0.237. The zero-order chi connectivity index (χ0) is 17.8. The van der Waals surface area contributed by atoms with Crippen LogP contribution in [0.3, 0.4) is 0 Å². The molecule has 0 bridgehead atoms. The molecule has 2 N–H and O–H groups in total. The van der Waals surface area contributed by atoms with E-state index in [9.17, 15) is 9.59 Å². The quantitative estimate of drug-likeness (QED) is 0.736. The summed E-state index contributed by atoms with van der Waals surface area (Å²) in [6.07, 6.45) is 0.